The molecule has 11 heterocycles. The molecule has 1 spiro atoms. The van der Waals surface area contributed by atoms with Gasteiger partial charge in [0.25, 0.3) is 34.6 Å². The first-order valence-corrected chi connectivity index (χ1v) is 45.3. The van der Waals surface area contributed by atoms with Gasteiger partial charge in [-0.2, -0.15) is 0 Å². The van der Waals surface area contributed by atoms with Crippen molar-refractivity contribution in [2.45, 2.75) is 233 Å². The molecule has 0 saturated carbocycles. The van der Waals surface area contributed by atoms with Crippen LogP contribution < -0.4 is 10.2 Å². The molecule has 24 atom stereocenters. The average Bonchev–Trinajstić information content (AvgIpc) is 1.61. The standard InChI is InChI=1S/C27H30O12.C27H28O11.C25H28O11.C20H18O8/c1-12-19(11-28)37-26(22(33)21(12)32)36-18-10-16(30)9-17(31)20(18)27(8-7-14-3-5-15(29)6-4-14)38-23-13(2)35-25(34)24(23)39-27;1-3-11-7-13-17(24-22(33)21(32)20(31)16(9-28)36-24)12-5-4-6-14(29)18(12)27(19(13)15(30)8-11)37-23-10(2)35-26(34)25(23)38-27;1-9-4-12(27)17(24-20(32)19(31)18(30)15(8-26)34-24)23-16(9)13(28)6-11(33-23)7-25(3)35-21-10(2)5-14(29)22(21)36-25;1-10-17-18(19(25)26-10)28-20(27-17,7-6-11-2-4-12(21)5-3-11)16-14(23)8-13(22)9-15(16)24/h3-6,9-10,12-13,19,21-22,26,28-33H,7-8,11H2,1-2H3;4-8,10,16-17,20-22,24,28-33H,3,9H2,1-2H3;4,6,10,15,18-20,24,26-27,30-32H,5,7-8H2,1-3H3;2-5,8-10,21-24H,6-7H2,1H3/t12-,13?,19-,21+,22-,26?,27?;10?,16-,17?,20-,21+,22-,24?,27?;10?,15-,18-,19+,20-,24?,25?;/m111./s1. The number of ether oxygens (including phenoxy) is 15. The number of rotatable bonds is 18. The Morgan fingerprint density at radius 2 is 0.943 bits per heavy atom. The normalized spacial score (nSPS) is 31.7. The Balaban J connectivity index is 0.000000130. The zero-order chi connectivity index (χ0) is 101. The quantitative estimate of drug-likeness (QED) is 0.0414. The van der Waals surface area contributed by atoms with Crippen LogP contribution in [0.15, 0.2) is 171 Å². The lowest BCUT2D eigenvalue weighted by Crippen LogP contribution is -2.60. The van der Waals surface area contributed by atoms with E-state index in [1.807, 2.05) is 13.8 Å². The maximum atomic E-state index is 13.1. The number of carbonyl (C=O) groups excluding carboxylic acids is 4. The molecule has 1 aromatic heterocycles. The summed E-state index contributed by atoms with van der Waals surface area (Å²) in [6, 6.07) is 27.6. The SMILES string of the molecule is CC1OC(=O)C2=C1OC(CCc1ccc(O)cc1)(c1c(O)cc(O)cc1O)O2.CC1OC(=O)C2=C1OC(CCc1ccc(O)cc1)(c1c(O)cc(O)cc1OC1O[C@H](CO)[C@@H](C)[C@H](O)[C@H]1O)O2.CCc1cc(O)c2c(c1)C(C1O[C@H](CO)[C@@H](O)[C@H](O)[C@H]1O)c1cccc(O)c1C21OC2=C(O1)C(C)OC2=O.Cc1cc(O)c(C2O[C@H](CO)[C@@H](O)[C@H](O)[C@H]2O)c2oc(CC3(C)OC4=C(O3)C(C)CC4=O)cc(=O)c12. The molecule has 141 heavy (non-hydrogen) atoms. The van der Waals surface area contributed by atoms with E-state index in [-0.39, 0.29) is 162 Å². The van der Waals surface area contributed by atoms with E-state index < -0.39 is 205 Å². The number of carbonyl (C=O) groups is 4. The van der Waals surface area contributed by atoms with Crippen LogP contribution in [-0.2, 0) is 129 Å². The lowest BCUT2D eigenvalue weighted by molar-refractivity contribution is -0.262. The van der Waals surface area contributed by atoms with E-state index in [1.165, 1.54) is 48.5 Å². The summed E-state index contributed by atoms with van der Waals surface area (Å²) in [6.45, 7) is 11.6. The molecule has 12 aliphatic rings. The van der Waals surface area contributed by atoms with Crippen LogP contribution in [0.1, 0.15) is 147 Å². The minimum Gasteiger partial charge on any atom is -0.508 e. The molecule has 10 aliphatic heterocycles. The van der Waals surface area contributed by atoms with Gasteiger partial charge in [-0.05, 0) is 123 Å². The number of hydrogen-bond acceptors (Lipinski definition) is 42. The summed E-state index contributed by atoms with van der Waals surface area (Å²) in [4.78, 5) is 62.4. The van der Waals surface area contributed by atoms with Crippen molar-refractivity contribution in [3.8, 4) is 63.2 Å². The van der Waals surface area contributed by atoms with Gasteiger partial charge in [0.1, 0.15) is 147 Å². The number of cyclic esters (lactones) is 3. The maximum Gasteiger partial charge on any atom is 0.378 e. The second-order valence-electron chi connectivity index (χ2n) is 36.5. The van der Waals surface area contributed by atoms with Crippen molar-refractivity contribution >= 4 is 34.7 Å². The molecule has 752 valence electrons. The molecule has 20 rings (SSSR count). The van der Waals surface area contributed by atoms with Crippen LogP contribution in [0.3, 0.4) is 0 Å². The third-order valence-corrected chi connectivity index (χ3v) is 26.8. The van der Waals surface area contributed by atoms with Crippen LogP contribution in [0, 0.1) is 18.8 Å². The molecule has 12 unspecified atom stereocenters. The van der Waals surface area contributed by atoms with E-state index in [1.54, 1.807) is 84.0 Å². The molecule has 7 aromatic carbocycles. The number of aryl methyl sites for hydroxylation is 4. The van der Waals surface area contributed by atoms with Crippen molar-refractivity contribution in [1.29, 1.82) is 0 Å². The minimum absolute atomic E-state index is 0.0203. The Morgan fingerprint density at radius 3 is 1.48 bits per heavy atom. The van der Waals surface area contributed by atoms with Gasteiger partial charge in [0.15, 0.2) is 46.8 Å². The number of allylic oxidation sites excluding steroid dienone is 2. The van der Waals surface area contributed by atoms with Crippen molar-refractivity contribution in [3.63, 3.8) is 0 Å². The van der Waals surface area contributed by atoms with Crippen LogP contribution in [0.4, 0.5) is 0 Å². The molecule has 0 radical (unpaired) electrons. The van der Waals surface area contributed by atoms with Gasteiger partial charge >= 0.3 is 23.7 Å². The summed E-state index contributed by atoms with van der Waals surface area (Å²) >= 11 is 0. The van der Waals surface area contributed by atoms with Crippen molar-refractivity contribution in [2.75, 3.05) is 19.8 Å². The van der Waals surface area contributed by atoms with E-state index in [4.69, 9.17) is 75.5 Å². The second-order valence-corrected chi connectivity index (χ2v) is 36.5. The molecular formula is C99H104O42. The van der Waals surface area contributed by atoms with Crippen molar-refractivity contribution < 1.29 is 202 Å². The number of aromatic hydroxyl groups is 10. The third-order valence-electron chi connectivity index (χ3n) is 26.8. The number of hydrogen-bond donors (Lipinski definition) is 21. The smallest absolute Gasteiger partial charge is 0.378 e. The largest absolute Gasteiger partial charge is 0.508 e. The molecule has 42 heteroatoms. The van der Waals surface area contributed by atoms with Crippen LogP contribution in [-0.4, -0.2) is 254 Å². The second kappa shape index (κ2) is 37.8. The van der Waals surface area contributed by atoms with Crippen LogP contribution >= 0.6 is 0 Å². The molecule has 0 bridgehead atoms. The molecular weight excluding hydrogens is 1860 g/mol. The highest BCUT2D eigenvalue weighted by molar-refractivity contribution is 5.97. The first-order chi connectivity index (χ1) is 66.9. The predicted molar refractivity (Wildman–Crippen MR) is 473 cm³/mol. The molecule has 2 aliphatic carbocycles. The Hall–Kier alpha value is -13.6. The van der Waals surface area contributed by atoms with Gasteiger partial charge in [-0.1, -0.05) is 63.2 Å². The highest BCUT2D eigenvalue weighted by Crippen LogP contribution is 2.63. The molecule has 3 fully saturated rings. The van der Waals surface area contributed by atoms with Gasteiger partial charge in [-0.15, -0.1) is 0 Å². The van der Waals surface area contributed by atoms with E-state index in [0.29, 0.717) is 41.7 Å². The van der Waals surface area contributed by atoms with Crippen molar-refractivity contribution in [1.82, 2.24) is 0 Å². The Labute approximate surface area is 799 Å². The summed E-state index contributed by atoms with van der Waals surface area (Å²) in [5, 5.41) is 218. The molecule has 0 amide bonds. The molecule has 21 N–H and O–H groups in total. The average molecular weight is 1970 g/mol. The number of ketones is 1. The fraction of sp³-hybridized carbons (Fsp3) is 0.424. The third kappa shape index (κ3) is 17.6. The van der Waals surface area contributed by atoms with E-state index in [9.17, 15) is 131 Å². The molecule has 8 aromatic rings. The topological polar surface area (TPSA) is 662 Å². The van der Waals surface area contributed by atoms with Gasteiger partial charge in [-0.3, -0.25) is 9.59 Å². The fourth-order valence-electron chi connectivity index (χ4n) is 19.7. The monoisotopic (exact) mass is 1960 g/mol. The first-order valence-electron chi connectivity index (χ1n) is 45.3. The molecule has 42 nitrogen and oxygen atoms in total. The van der Waals surface area contributed by atoms with Crippen molar-refractivity contribution in [2.24, 2.45) is 11.8 Å². The molecule has 3 saturated heterocycles. The van der Waals surface area contributed by atoms with Gasteiger partial charge in [-0.25, -0.2) is 14.4 Å². The van der Waals surface area contributed by atoms with Gasteiger partial charge in [0, 0.05) is 74.3 Å². The van der Waals surface area contributed by atoms with E-state index in [0.717, 1.165) is 41.0 Å². The van der Waals surface area contributed by atoms with Crippen LogP contribution in [0.25, 0.3) is 11.0 Å². The minimum atomic E-state index is -1.96. The zero-order valence-corrected chi connectivity index (χ0v) is 76.6. The Kier molecular flexibility index (Phi) is 26.5. The number of Topliss-reactive ketones (excluding diaryl/α,β-unsaturated/α-hetero) is 1. The summed E-state index contributed by atoms with van der Waals surface area (Å²) in [5.74, 6) is -13.1. The van der Waals surface area contributed by atoms with Gasteiger partial charge in [0.2, 0.25) is 17.8 Å². The Morgan fingerprint density at radius 1 is 0.433 bits per heavy atom. The summed E-state index contributed by atoms with van der Waals surface area (Å²) in [7, 11) is 0. The van der Waals surface area contributed by atoms with Crippen LogP contribution in [0.2, 0.25) is 0 Å². The highest BCUT2D eigenvalue weighted by Gasteiger charge is 2.64. The number of fused-ring (bicyclic) bond motifs is 5. The Bertz CT molecular complexity index is 6430. The van der Waals surface area contributed by atoms with Crippen molar-refractivity contribution in [3.05, 3.63) is 239 Å². The van der Waals surface area contributed by atoms with Crippen LogP contribution in [0.5, 0.6) is 63.2 Å². The lowest BCUT2D eigenvalue weighted by Gasteiger charge is -2.47. The highest BCUT2D eigenvalue weighted by atomic mass is 16.8. The first kappa shape index (κ1) is 99.0. The van der Waals surface area contributed by atoms with Gasteiger partial charge < -0.3 is 183 Å². The fourth-order valence-corrected chi connectivity index (χ4v) is 19.7. The number of aliphatic hydroxyl groups is 11. The van der Waals surface area contributed by atoms with E-state index in [2.05, 4.69) is 0 Å². The summed E-state index contributed by atoms with van der Waals surface area (Å²) in [6.07, 6.45) is -20.7. The number of benzene rings is 7. The number of esters is 3. The predicted octanol–water partition coefficient (Wildman–Crippen LogP) is 4.55. The summed E-state index contributed by atoms with van der Waals surface area (Å²) in [5.41, 5.74) is 2.79. The number of aliphatic hydroxyl groups excluding tert-OH is 11. The van der Waals surface area contributed by atoms with Gasteiger partial charge in [0.05, 0.1) is 66.6 Å². The maximum absolute atomic E-state index is 13.1. The lowest BCUT2D eigenvalue weighted by atomic mass is 9.69. The van der Waals surface area contributed by atoms with E-state index >= 15 is 0 Å². The zero-order valence-electron chi connectivity index (χ0n) is 76.6. The number of phenolic OH excluding ortho intramolecular Hbond substituents is 10. The summed E-state index contributed by atoms with van der Waals surface area (Å²) < 4.78 is 92.9. The number of phenols is 10.